The molecule has 0 aliphatic carbocycles. The summed E-state index contributed by atoms with van der Waals surface area (Å²) in [6.45, 7) is 1.34. The van der Waals surface area contributed by atoms with E-state index in [-0.39, 0.29) is 28.8 Å². The number of amides is 1. The summed E-state index contributed by atoms with van der Waals surface area (Å²) in [4.78, 5) is 12.1. The van der Waals surface area contributed by atoms with Gasteiger partial charge in [0.25, 0.3) is 0 Å². The van der Waals surface area contributed by atoms with Crippen LogP contribution in [0.3, 0.4) is 0 Å². The number of halogens is 1. The lowest BCUT2D eigenvalue weighted by atomic mass is 10.3. The molecule has 0 atom stereocenters. The molecule has 0 spiro atoms. The summed E-state index contributed by atoms with van der Waals surface area (Å²) in [6, 6.07) is 3.47. The zero-order valence-corrected chi connectivity index (χ0v) is 11.8. The molecule has 0 aromatic heterocycles. The van der Waals surface area contributed by atoms with Gasteiger partial charge < -0.3 is 9.64 Å². The number of rotatable bonds is 5. The van der Waals surface area contributed by atoms with Crippen molar-refractivity contribution in [2.45, 2.75) is 11.8 Å². The van der Waals surface area contributed by atoms with Crippen LogP contribution in [0.5, 0.6) is 0 Å². The maximum Gasteiger partial charge on any atom is 0.223 e. The molecule has 0 bridgehead atoms. The average Bonchev–Trinajstić information content (AvgIpc) is 2.35. The van der Waals surface area contributed by atoms with Crippen molar-refractivity contribution in [2.24, 2.45) is 0 Å². The number of hydrogen-bond acceptors (Lipinski definition) is 4. The zero-order chi connectivity index (χ0) is 14.6. The highest BCUT2D eigenvalue weighted by molar-refractivity contribution is 7.91. The van der Waals surface area contributed by atoms with E-state index >= 15 is 0 Å². The lowest BCUT2D eigenvalue weighted by Gasteiger charge is -2.16. The molecule has 0 N–H and O–H groups in total. The summed E-state index contributed by atoms with van der Waals surface area (Å²) < 4.78 is 42.2. The Labute approximate surface area is 111 Å². The van der Waals surface area contributed by atoms with Crippen molar-refractivity contribution < 1.29 is 22.3 Å². The Morgan fingerprint density at radius 1 is 1.42 bits per heavy atom. The van der Waals surface area contributed by atoms with E-state index in [1.165, 1.54) is 33.2 Å². The minimum atomic E-state index is -3.58. The van der Waals surface area contributed by atoms with E-state index in [0.717, 1.165) is 11.0 Å². The molecule has 0 aliphatic heterocycles. The summed E-state index contributed by atoms with van der Waals surface area (Å²) in [5.74, 6) is -1.31. The van der Waals surface area contributed by atoms with E-state index < -0.39 is 15.7 Å². The van der Waals surface area contributed by atoms with Crippen LogP contribution in [-0.2, 0) is 19.4 Å². The molecule has 1 amide bonds. The van der Waals surface area contributed by atoms with Gasteiger partial charge in [0.2, 0.25) is 5.91 Å². The van der Waals surface area contributed by atoms with Crippen molar-refractivity contribution in [2.75, 3.05) is 31.4 Å². The molecule has 7 heteroatoms. The highest BCUT2D eigenvalue weighted by Crippen LogP contribution is 2.22. The Morgan fingerprint density at radius 2 is 2.05 bits per heavy atom. The molecule has 0 aliphatic rings. The van der Waals surface area contributed by atoms with Gasteiger partial charge in [-0.1, -0.05) is 0 Å². The smallest absolute Gasteiger partial charge is 0.223 e. The summed E-state index contributed by atoms with van der Waals surface area (Å²) in [6.07, 6.45) is 0. The topological polar surface area (TPSA) is 63.7 Å². The van der Waals surface area contributed by atoms with Crippen molar-refractivity contribution in [3.63, 3.8) is 0 Å². The second-order valence-corrected chi connectivity index (χ2v) is 6.11. The monoisotopic (exact) mass is 289 g/mol. The Balaban J connectivity index is 3.10. The second kappa shape index (κ2) is 6.12. The van der Waals surface area contributed by atoms with Gasteiger partial charge in [0.15, 0.2) is 9.84 Å². The molecule has 19 heavy (non-hydrogen) atoms. The van der Waals surface area contributed by atoms with Gasteiger partial charge >= 0.3 is 0 Å². The molecule has 0 saturated carbocycles. The Morgan fingerprint density at radius 3 is 2.53 bits per heavy atom. The molecular weight excluding hydrogens is 273 g/mol. The van der Waals surface area contributed by atoms with Gasteiger partial charge in [-0.25, -0.2) is 12.8 Å². The molecule has 0 fully saturated rings. The third-order valence-electron chi connectivity index (χ3n) is 2.67. The summed E-state index contributed by atoms with van der Waals surface area (Å²) in [5.41, 5.74) is 0.0400. The van der Waals surface area contributed by atoms with E-state index in [2.05, 4.69) is 0 Å². The van der Waals surface area contributed by atoms with Crippen LogP contribution < -0.4 is 4.90 Å². The maximum absolute atomic E-state index is 13.8. The predicted octanol–water partition coefficient (Wildman–Crippen LogP) is 1.23. The van der Waals surface area contributed by atoms with E-state index in [1.54, 1.807) is 0 Å². The fourth-order valence-electron chi connectivity index (χ4n) is 1.43. The van der Waals surface area contributed by atoms with Crippen molar-refractivity contribution in [3.05, 3.63) is 24.0 Å². The first-order chi connectivity index (χ1) is 8.79. The van der Waals surface area contributed by atoms with Gasteiger partial charge in [-0.3, -0.25) is 4.79 Å². The van der Waals surface area contributed by atoms with Crippen LogP contribution >= 0.6 is 0 Å². The van der Waals surface area contributed by atoms with Crippen molar-refractivity contribution in [1.82, 2.24) is 0 Å². The molecule has 5 nitrogen and oxygen atoms in total. The third-order valence-corrected chi connectivity index (χ3v) is 4.34. The van der Waals surface area contributed by atoms with E-state index in [9.17, 15) is 17.6 Å². The first-order valence-corrected chi connectivity index (χ1v) is 7.20. The highest BCUT2D eigenvalue weighted by Gasteiger charge is 2.18. The standard InChI is InChI=1S/C12H16FNO4S/c1-9(15)14(2)12-5-4-10(8-11(12)13)19(16,17)7-6-18-3/h4-5,8H,6-7H2,1-3H3. The lowest BCUT2D eigenvalue weighted by Crippen LogP contribution is -2.24. The fraction of sp³-hybridized carbons (Fsp3) is 0.417. The fourth-order valence-corrected chi connectivity index (χ4v) is 2.61. The van der Waals surface area contributed by atoms with Gasteiger partial charge in [0.05, 0.1) is 22.9 Å². The average molecular weight is 289 g/mol. The predicted molar refractivity (Wildman–Crippen MR) is 69.4 cm³/mol. The van der Waals surface area contributed by atoms with E-state index in [4.69, 9.17) is 4.74 Å². The number of carbonyl (C=O) groups is 1. The largest absolute Gasteiger partial charge is 0.384 e. The van der Waals surface area contributed by atoms with Gasteiger partial charge in [0, 0.05) is 21.1 Å². The Bertz CT molecular complexity index is 571. The van der Waals surface area contributed by atoms with Crippen LogP contribution in [0.15, 0.2) is 23.1 Å². The molecule has 0 heterocycles. The molecule has 1 rings (SSSR count). The second-order valence-electron chi connectivity index (χ2n) is 4.00. The Kier molecular flexibility index (Phi) is 5.02. The van der Waals surface area contributed by atoms with Gasteiger partial charge in [-0.2, -0.15) is 0 Å². The number of nitrogens with zero attached hydrogens (tertiary/aromatic N) is 1. The highest BCUT2D eigenvalue weighted by atomic mass is 32.2. The zero-order valence-electron chi connectivity index (χ0n) is 11.0. The number of sulfone groups is 1. The molecule has 106 valence electrons. The Hall–Kier alpha value is -1.47. The van der Waals surface area contributed by atoms with Crippen LogP contribution in [0, 0.1) is 5.82 Å². The normalized spacial score (nSPS) is 11.4. The van der Waals surface area contributed by atoms with Crippen molar-refractivity contribution in [3.8, 4) is 0 Å². The van der Waals surface area contributed by atoms with Crippen LogP contribution in [0.4, 0.5) is 10.1 Å². The molecule has 1 aromatic rings. The summed E-state index contributed by atoms with van der Waals surface area (Å²) in [7, 11) is -0.770. The van der Waals surface area contributed by atoms with Crippen LogP contribution in [0.25, 0.3) is 0 Å². The number of ether oxygens (including phenoxy) is 1. The van der Waals surface area contributed by atoms with Gasteiger partial charge in [0.1, 0.15) is 5.82 Å². The quantitative estimate of drug-likeness (QED) is 0.818. The molecule has 0 unspecified atom stereocenters. The minimum Gasteiger partial charge on any atom is -0.384 e. The van der Waals surface area contributed by atoms with Gasteiger partial charge in [-0.15, -0.1) is 0 Å². The minimum absolute atomic E-state index is 0.0400. The maximum atomic E-state index is 13.8. The van der Waals surface area contributed by atoms with Crippen LogP contribution in [0.1, 0.15) is 6.92 Å². The van der Waals surface area contributed by atoms with E-state index in [0.29, 0.717) is 0 Å². The number of methoxy groups -OCH3 is 1. The van der Waals surface area contributed by atoms with Crippen molar-refractivity contribution >= 4 is 21.4 Å². The van der Waals surface area contributed by atoms with Gasteiger partial charge in [-0.05, 0) is 18.2 Å². The first kappa shape index (κ1) is 15.6. The van der Waals surface area contributed by atoms with Crippen molar-refractivity contribution in [1.29, 1.82) is 0 Å². The van der Waals surface area contributed by atoms with E-state index in [1.807, 2.05) is 0 Å². The molecular formula is C12H16FNO4S. The summed E-state index contributed by atoms with van der Waals surface area (Å²) >= 11 is 0. The lowest BCUT2D eigenvalue weighted by molar-refractivity contribution is -0.116. The SMILES string of the molecule is COCCS(=O)(=O)c1ccc(N(C)C(C)=O)c(F)c1. The third kappa shape index (κ3) is 3.74. The van der Waals surface area contributed by atoms with Crippen LogP contribution in [0.2, 0.25) is 0 Å². The number of carbonyl (C=O) groups excluding carboxylic acids is 1. The number of anilines is 1. The molecule has 0 radical (unpaired) electrons. The molecule has 1 aromatic carbocycles. The first-order valence-electron chi connectivity index (χ1n) is 5.55. The van der Waals surface area contributed by atoms with Crippen LogP contribution in [-0.4, -0.2) is 40.8 Å². The number of benzene rings is 1. The summed E-state index contributed by atoms with van der Waals surface area (Å²) in [5, 5.41) is 0. The number of hydrogen-bond donors (Lipinski definition) is 0. The molecule has 0 saturated heterocycles.